The Morgan fingerprint density at radius 2 is 1.76 bits per heavy atom. The third kappa shape index (κ3) is 3.95. The summed E-state index contributed by atoms with van der Waals surface area (Å²) in [7, 11) is 0. The maximum Gasteiger partial charge on any atom is 0.408 e. The summed E-state index contributed by atoms with van der Waals surface area (Å²) in [5.74, 6) is -0.189. The molecule has 6 rings (SSSR count). The van der Waals surface area contributed by atoms with Crippen molar-refractivity contribution in [2.75, 3.05) is 18.0 Å². The van der Waals surface area contributed by atoms with Crippen molar-refractivity contribution < 1.29 is 19.1 Å². The molecule has 1 spiro atoms. The Balaban J connectivity index is 1.22. The van der Waals surface area contributed by atoms with E-state index in [0.717, 1.165) is 32.2 Å². The zero-order valence-corrected chi connectivity index (χ0v) is 23.2. The SMILES string of the molecule is CC(C)(C)OC(=O)NC1(C(=O)N2CC3(C2)C(=O)N(Cc2ncc4ccccc4c2Br)c2ccccc23)CC1. The van der Waals surface area contributed by atoms with Gasteiger partial charge < -0.3 is 19.9 Å². The van der Waals surface area contributed by atoms with Crippen molar-refractivity contribution in [3.63, 3.8) is 0 Å². The second kappa shape index (κ2) is 8.53. The van der Waals surface area contributed by atoms with E-state index in [0.29, 0.717) is 19.4 Å². The van der Waals surface area contributed by atoms with Crippen LogP contribution in [-0.2, 0) is 26.3 Å². The van der Waals surface area contributed by atoms with E-state index in [-0.39, 0.29) is 24.9 Å². The number of para-hydroxylation sites is 1. The first-order chi connectivity index (χ1) is 18.0. The van der Waals surface area contributed by atoms with E-state index in [2.05, 4.69) is 26.2 Å². The molecule has 1 saturated heterocycles. The number of aromatic nitrogens is 1. The van der Waals surface area contributed by atoms with Crippen LogP contribution in [-0.4, -0.2) is 52.0 Å². The van der Waals surface area contributed by atoms with Gasteiger partial charge in [-0.15, -0.1) is 0 Å². The topological polar surface area (TPSA) is 91.8 Å². The van der Waals surface area contributed by atoms with Crippen molar-refractivity contribution in [3.8, 4) is 0 Å². The molecule has 1 aliphatic carbocycles. The molecule has 0 radical (unpaired) electrons. The molecule has 9 heteroatoms. The summed E-state index contributed by atoms with van der Waals surface area (Å²) in [5, 5.41) is 4.85. The summed E-state index contributed by atoms with van der Waals surface area (Å²) in [4.78, 5) is 47.9. The molecule has 0 unspecified atom stereocenters. The van der Waals surface area contributed by atoms with Crippen LogP contribution in [0.4, 0.5) is 10.5 Å². The molecule has 196 valence electrons. The van der Waals surface area contributed by atoms with Crippen LogP contribution >= 0.6 is 15.9 Å². The molecule has 3 aromatic rings. The van der Waals surface area contributed by atoms with Crippen LogP contribution in [0.25, 0.3) is 10.8 Å². The lowest BCUT2D eigenvalue weighted by molar-refractivity contribution is -0.147. The van der Waals surface area contributed by atoms with E-state index in [1.165, 1.54) is 0 Å². The van der Waals surface area contributed by atoms with Gasteiger partial charge in [-0.05, 0) is 66.6 Å². The quantitative estimate of drug-likeness (QED) is 0.487. The first-order valence-electron chi connectivity index (χ1n) is 12.8. The van der Waals surface area contributed by atoms with Gasteiger partial charge in [-0.1, -0.05) is 42.5 Å². The average molecular weight is 577 g/mol. The fourth-order valence-electron chi connectivity index (χ4n) is 5.56. The number of alkyl carbamates (subject to hydrolysis) is 1. The van der Waals surface area contributed by atoms with Crippen LogP contribution in [0.15, 0.2) is 59.2 Å². The number of nitrogens with one attached hydrogen (secondary N) is 1. The van der Waals surface area contributed by atoms with Gasteiger partial charge in [0, 0.05) is 34.8 Å². The van der Waals surface area contributed by atoms with Crippen molar-refractivity contribution in [1.29, 1.82) is 0 Å². The number of rotatable bonds is 4. The molecule has 1 aromatic heterocycles. The van der Waals surface area contributed by atoms with Crippen LogP contribution < -0.4 is 10.2 Å². The highest BCUT2D eigenvalue weighted by Crippen LogP contribution is 2.50. The zero-order chi connectivity index (χ0) is 26.9. The summed E-state index contributed by atoms with van der Waals surface area (Å²) >= 11 is 3.71. The van der Waals surface area contributed by atoms with Crippen LogP contribution in [0.3, 0.4) is 0 Å². The third-order valence-corrected chi connectivity index (χ3v) is 8.48. The molecule has 1 saturated carbocycles. The molecule has 2 aliphatic heterocycles. The number of hydrogen-bond donors (Lipinski definition) is 1. The second-order valence-corrected chi connectivity index (χ2v) is 12.3. The third-order valence-electron chi connectivity index (χ3n) is 7.59. The number of anilines is 1. The molecule has 3 aliphatic rings. The van der Waals surface area contributed by atoms with Crippen molar-refractivity contribution in [1.82, 2.24) is 15.2 Å². The number of benzene rings is 2. The van der Waals surface area contributed by atoms with Crippen molar-refractivity contribution in [2.45, 2.75) is 56.7 Å². The highest BCUT2D eigenvalue weighted by molar-refractivity contribution is 9.10. The van der Waals surface area contributed by atoms with E-state index >= 15 is 0 Å². The number of hydrogen-bond acceptors (Lipinski definition) is 5. The van der Waals surface area contributed by atoms with Gasteiger partial charge in [0.1, 0.15) is 16.6 Å². The van der Waals surface area contributed by atoms with E-state index in [1.54, 1.807) is 30.6 Å². The Bertz CT molecular complexity index is 1490. The van der Waals surface area contributed by atoms with Crippen LogP contribution in [0.5, 0.6) is 0 Å². The van der Waals surface area contributed by atoms with Gasteiger partial charge in [0.25, 0.3) is 0 Å². The minimum Gasteiger partial charge on any atom is -0.444 e. The molecule has 38 heavy (non-hydrogen) atoms. The summed E-state index contributed by atoms with van der Waals surface area (Å²) in [6.45, 7) is 6.24. The molecule has 2 aromatic carbocycles. The maximum atomic E-state index is 14.0. The van der Waals surface area contributed by atoms with Gasteiger partial charge in [0.15, 0.2) is 0 Å². The Morgan fingerprint density at radius 3 is 2.47 bits per heavy atom. The smallest absolute Gasteiger partial charge is 0.408 e. The largest absolute Gasteiger partial charge is 0.444 e. The lowest BCUT2D eigenvalue weighted by Gasteiger charge is -2.48. The summed E-state index contributed by atoms with van der Waals surface area (Å²) in [6.07, 6.45) is 2.36. The predicted molar refractivity (Wildman–Crippen MR) is 147 cm³/mol. The van der Waals surface area contributed by atoms with Crippen LogP contribution in [0.1, 0.15) is 44.9 Å². The predicted octanol–water partition coefficient (Wildman–Crippen LogP) is 4.68. The Labute approximate surface area is 229 Å². The lowest BCUT2D eigenvalue weighted by atomic mass is 9.74. The minimum atomic E-state index is -0.940. The highest BCUT2D eigenvalue weighted by Gasteiger charge is 2.63. The van der Waals surface area contributed by atoms with Gasteiger partial charge in [-0.2, -0.15) is 0 Å². The molecule has 3 heterocycles. The number of fused-ring (bicyclic) bond motifs is 3. The summed E-state index contributed by atoms with van der Waals surface area (Å²) in [5.41, 5.74) is 0.162. The maximum absolute atomic E-state index is 14.0. The van der Waals surface area contributed by atoms with Crippen molar-refractivity contribution in [3.05, 3.63) is 70.5 Å². The lowest BCUT2D eigenvalue weighted by Crippen LogP contribution is -2.68. The number of pyridine rings is 1. The van der Waals surface area contributed by atoms with Crippen molar-refractivity contribution >= 4 is 50.3 Å². The second-order valence-electron chi connectivity index (χ2n) is 11.5. The number of halogens is 1. The van der Waals surface area contributed by atoms with Gasteiger partial charge in [0.2, 0.25) is 11.8 Å². The number of carbonyl (C=O) groups excluding carboxylic acids is 3. The van der Waals surface area contributed by atoms with Crippen molar-refractivity contribution in [2.24, 2.45) is 0 Å². The fraction of sp³-hybridized carbons (Fsp3) is 0.379. The molecule has 8 nitrogen and oxygen atoms in total. The first kappa shape index (κ1) is 24.9. The monoisotopic (exact) mass is 576 g/mol. The molecular weight excluding hydrogens is 548 g/mol. The van der Waals surface area contributed by atoms with E-state index < -0.39 is 22.6 Å². The Morgan fingerprint density at radius 1 is 1.08 bits per heavy atom. The Kier molecular flexibility index (Phi) is 5.58. The first-order valence-corrected chi connectivity index (χ1v) is 13.6. The summed E-state index contributed by atoms with van der Waals surface area (Å²) in [6, 6.07) is 15.8. The number of carbonyl (C=O) groups is 3. The van der Waals surface area contributed by atoms with E-state index in [9.17, 15) is 14.4 Å². The van der Waals surface area contributed by atoms with Gasteiger partial charge in [0.05, 0.1) is 12.2 Å². The van der Waals surface area contributed by atoms with E-state index in [4.69, 9.17) is 4.74 Å². The van der Waals surface area contributed by atoms with Gasteiger partial charge in [-0.25, -0.2) is 4.79 Å². The fourth-order valence-corrected chi connectivity index (χ4v) is 6.15. The zero-order valence-electron chi connectivity index (χ0n) is 21.6. The van der Waals surface area contributed by atoms with Gasteiger partial charge >= 0.3 is 6.09 Å². The van der Waals surface area contributed by atoms with Gasteiger partial charge in [-0.3, -0.25) is 14.6 Å². The summed E-state index contributed by atoms with van der Waals surface area (Å²) < 4.78 is 6.24. The normalized spacial score (nSPS) is 18.8. The molecule has 2 fully saturated rings. The minimum absolute atomic E-state index is 0.0328. The standard InChI is InChI=1S/C29H29BrN4O4/c1-27(2,3)38-26(37)32-29(12-13-29)25(36)33-16-28(17-33)20-10-6-7-11-22(20)34(24(28)35)15-21-23(30)19-9-5-4-8-18(19)14-31-21/h4-11,14H,12-13,15-17H2,1-3H3,(H,32,37). The molecule has 0 bridgehead atoms. The van der Waals surface area contributed by atoms with Crippen LogP contribution in [0, 0.1) is 0 Å². The number of ether oxygens (including phenoxy) is 1. The highest BCUT2D eigenvalue weighted by atomic mass is 79.9. The molecular formula is C29H29BrN4O4. The average Bonchev–Trinajstić information content (AvgIpc) is 3.57. The molecule has 0 atom stereocenters. The number of amides is 3. The number of likely N-dealkylation sites (tertiary alicyclic amines) is 1. The molecule has 1 N–H and O–H groups in total. The molecule has 3 amide bonds. The van der Waals surface area contributed by atoms with E-state index in [1.807, 2.05) is 54.7 Å². The van der Waals surface area contributed by atoms with Crippen LogP contribution in [0.2, 0.25) is 0 Å². The number of nitrogens with zero attached hydrogens (tertiary/aromatic N) is 3. The Hall–Kier alpha value is -3.46.